The van der Waals surface area contributed by atoms with E-state index in [0.717, 1.165) is 0 Å². The summed E-state index contributed by atoms with van der Waals surface area (Å²) in [6, 6.07) is 5.19. The molecule has 0 heterocycles. The number of amides is 1. The van der Waals surface area contributed by atoms with Gasteiger partial charge in [0, 0.05) is 24.8 Å². The van der Waals surface area contributed by atoms with Gasteiger partial charge in [-0.3, -0.25) is 4.79 Å². The minimum Gasteiger partial charge on any atom is -0.497 e. The van der Waals surface area contributed by atoms with E-state index < -0.39 is 5.97 Å². The lowest BCUT2D eigenvalue weighted by molar-refractivity contribution is -0.137. The van der Waals surface area contributed by atoms with Crippen molar-refractivity contribution in [1.82, 2.24) is 0 Å². The Bertz CT molecular complexity index is 553. The van der Waals surface area contributed by atoms with Crippen LogP contribution in [0.2, 0.25) is 0 Å². The van der Waals surface area contributed by atoms with Gasteiger partial charge in [0.2, 0.25) is 5.91 Å². The van der Waals surface area contributed by atoms with Crippen LogP contribution in [0.3, 0.4) is 0 Å². The summed E-state index contributed by atoms with van der Waals surface area (Å²) in [6.45, 7) is 5.22. The van der Waals surface area contributed by atoms with Crippen LogP contribution in [0, 0.1) is 0 Å². The molecular formula is C15H20N2O4. The number of hydrogen-bond donors (Lipinski definition) is 2. The van der Waals surface area contributed by atoms with E-state index in [4.69, 9.17) is 9.47 Å². The molecule has 1 aromatic carbocycles. The van der Waals surface area contributed by atoms with Gasteiger partial charge in [0.25, 0.3) is 0 Å². The fourth-order valence-electron chi connectivity index (χ4n) is 1.66. The predicted octanol–water partition coefficient (Wildman–Crippen LogP) is 2.53. The molecule has 0 saturated carbocycles. The lowest BCUT2D eigenvalue weighted by Gasteiger charge is -2.14. The first-order valence-electron chi connectivity index (χ1n) is 6.54. The lowest BCUT2D eigenvalue weighted by Crippen LogP contribution is -2.10. The molecule has 1 amide bonds. The van der Waals surface area contributed by atoms with E-state index in [9.17, 15) is 9.59 Å². The van der Waals surface area contributed by atoms with E-state index in [-0.39, 0.29) is 5.91 Å². The van der Waals surface area contributed by atoms with Gasteiger partial charge >= 0.3 is 5.97 Å². The summed E-state index contributed by atoms with van der Waals surface area (Å²) in [4.78, 5) is 22.6. The summed E-state index contributed by atoms with van der Waals surface area (Å²) < 4.78 is 9.99. The monoisotopic (exact) mass is 292 g/mol. The van der Waals surface area contributed by atoms with Crippen LogP contribution in [0.1, 0.15) is 20.8 Å². The van der Waals surface area contributed by atoms with Crippen LogP contribution in [-0.2, 0) is 14.3 Å². The van der Waals surface area contributed by atoms with Gasteiger partial charge in [0.15, 0.2) is 0 Å². The Labute approximate surface area is 124 Å². The third-order valence-electron chi connectivity index (χ3n) is 2.49. The van der Waals surface area contributed by atoms with E-state index >= 15 is 0 Å². The first-order valence-corrected chi connectivity index (χ1v) is 6.54. The summed E-state index contributed by atoms with van der Waals surface area (Å²) in [6.07, 6.45) is 1.35. The Balaban J connectivity index is 2.98. The van der Waals surface area contributed by atoms with E-state index in [1.54, 1.807) is 39.2 Å². The Hall–Kier alpha value is -2.50. The highest BCUT2D eigenvalue weighted by atomic mass is 16.5. The van der Waals surface area contributed by atoms with Crippen molar-refractivity contribution >= 4 is 23.3 Å². The molecule has 2 N–H and O–H groups in total. The number of carbonyl (C=O) groups excluding carboxylic acids is 2. The molecule has 0 bridgehead atoms. The van der Waals surface area contributed by atoms with Gasteiger partial charge in [-0.25, -0.2) is 4.79 Å². The number of methoxy groups -OCH3 is 1. The fourth-order valence-corrected chi connectivity index (χ4v) is 1.66. The molecule has 0 aliphatic heterocycles. The number of rotatable bonds is 6. The summed E-state index contributed by atoms with van der Waals surface area (Å²) in [5.41, 5.74) is 1.82. The highest BCUT2D eigenvalue weighted by Gasteiger charge is 2.07. The molecule has 0 saturated heterocycles. The molecule has 0 atom stereocenters. The summed E-state index contributed by atoms with van der Waals surface area (Å²) >= 11 is 0. The van der Waals surface area contributed by atoms with Crippen LogP contribution in [-0.4, -0.2) is 25.6 Å². The molecule has 0 fully saturated rings. The van der Waals surface area contributed by atoms with Gasteiger partial charge in [0.05, 0.1) is 25.1 Å². The van der Waals surface area contributed by atoms with Crippen LogP contribution in [0.15, 0.2) is 30.0 Å². The number of benzene rings is 1. The number of anilines is 2. The summed E-state index contributed by atoms with van der Waals surface area (Å²) in [7, 11) is 1.55. The number of ether oxygens (including phenoxy) is 2. The van der Waals surface area contributed by atoms with Crippen molar-refractivity contribution in [2.24, 2.45) is 0 Å². The highest BCUT2D eigenvalue weighted by molar-refractivity contribution is 5.93. The zero-order valence-corrected chi connectivity index (χ0v) is 12.6. The van der Waals surface area contributed by atoms with Gasteiger partial charge in [-0.2, -0.15) is 0 Å². The molecule has 6 heteroatoms. The third-order valence-corrected chi connectivity index (χ3v) is 2.49. The van der Waals surface area contributed by atoms with Crippen molar-refractivity contribution < 1.29 is 19.1 Å². The minimum atomic E-state index is -0.425. The van der Waals surface area contributed by atoms with Crippen molar-refractivity contribution in [2.45, 2.75) is 20.8 Å². The minimum absolute atomic E-state index is 0.185. The molecular weight excluding hydrogens is 272 g/mol. The Morgan fingerprint density at radius 3 is 2.48 bits per heavy atom. The molecule has 0 radical (unpaired) electrons. The largest absolute Gasteiger partial charge is 0.497 e. The number of hydrogen-bond acceptors (Lipinski definition) is 5. The van der Waals surface area contributed by atoms with Crippen LogP contribution >= 0.6 is 0 Å². The first kappa shape index (κ1) is 16.6. The molecule has 0 aliphatic carbocycles. The maximum Gasteiger partial charge on any atom is 0.332 e. The Morgan fingerprint density at radius 1 is 1.19 bits per heavy atom. The van der Waals surface area contributed by atoms with Crippen LogP contribution in [0.5, 0.6) is 5.75 Å². The van der Waals surface area contributed by atoms with E-state index in [2.05, 4.69) is 10.6 Å². The second kappa shape index (κ2) is 7.94. The average Bonchev–Trinajstić information content (AvgIpc) is 2.40. The van der Waals surface area contributed by atoms with Crippen molar-refractivity contribution in [1.29, 1.82) is 0 Å². The number of nitrogens with one attached hydrogen (secondary N) is 2. The lowest BCUT2D eigenvalue weighted by atomic mass is 10.2. The molecule has 0 aromatic heterocycles. The SMILES string of the molecule is CCOC(=O)/C=C(\C)Nc1cc(OC)ccc1NC(C)=O. The molecule has 0 unspecified atom stereocenters. The van der Waals surface area contributed by atoms with Gasteiger partial charge in [0.1, 0.15) is 5.75 Å². The standard InChI is InChI=1S/C15H20N2O4/c1-5-21-15(19)8-10(2)16-14-9-12(20-4)6-7-13(14)17-11(3)18/h6-9,16H,5H2,1-4H3,(H,17,18)/b10-8+. The normalized spacial score (nSPS) is 10.8. The smallest absolute Gasteiger partial charge is 0.332 e. The Kier molecular flexibility index (Phi) is 6.26. The molecule has 21 heavy (non-hydrogen) atoms. The van der Waals surface area contributed by atoms with Gasteiger partial charge in [-0.1, -0.05) is 0 Å². The van der Waals surface area contributed by atoms with Gasteiger partial charge in [-0.15, -0.1) is 0 Å². The number of esters is 1. The topological polar surface area (TPSA) is 76.7 Å². The molecule has 1 rings (SSSR count). The molecule has 6 nitrogen and oxygen atoms in total. The highest BCUT2D eigenvalue weighted by Crippen LogP contribution is 2.28. The molecule has 0 aliphatic rings. The maximum absolute atomic E-state index is 11.4. The van der Waals surface area contributed by atoms with Crippen LogP contribution in [0.4, 0.5) is 11.4 Å². The average molecular weight is 292 g/mol. The van der Waals surface area contributed by atoms with Crippen LogP contribution in [0.25, 0.3) is 0 Å². The van der Waals surface area contributed by atoms with E-state index in [0.29, 0.717) is 29.4 Å². The quantitative estimate of drug-likeness (QED) is 0.622. The van der Waals surface area contributed by atoms with Crippen molar-refractivity contribution in [3.8, 4) is 5.75 Å². The van der Waals surface area contributed by atoms with Gasteiger partial charge in [-0.05, 0) is 26.0 Å². The van der Waals surface area contributed by atoms with E-state index in [1.165, 1.54) is 13.0 Å². The molecule has 1 aromatic rings. The second-order valence-corrected chi connectivity index (χ2v) is 4.30. The van der Waals surface area contributed by atoms with Crippen molar-refractivity contribution in [2.75, 3.05) is 24.4 Å². The first-order chi connectivity index (χ1) is 9.96. The number of allylic oxidation sites excluding steroid dienone is 1. The maximum atomic E-state index is 11.4. The molecule has 0 spiro atoms. The predicted molar refractivity (Wildman–Crippen MR) is 81.3 cm³/mol. The van der Waals surface area contributed by atoms with Crippen molar-refractivity contribution in [3.63, 3.8) is 0 Å². The summed E-state index contributed by atoms with van der Waals surface area (Å²) in [5, 5.41) is 5.75. The van der Waals surface area contributed by atoms with Crippen LogP contribution < -0.4 is 15.4 Å². The zero-order chi connectivity index (χ0) is 15.8. The summed E-state index contributed by atoms with van der Waals surface area (Å²) in [5.74, 6) is 0.0252. The molecule has 114 valence electrons. The zero-order valence-electron chi connectivity index (χ0n) is 12.6. The second-order valence-electron chi connectivity index (χ2n) is 4.30. The Morgan fingerprint density at radius 2 is 1.90 bits per heavy atom. The van der Waals surface area contributed by atoms with E-state index in [1.807, 2.05) is 0 Å². The fraction of sp³-hybridized carbons (Fsp3) is 0.333. The third kappa shape index (κ3) is 5.56. The van der Waals surface area contributed by atoms with Gasteiger partial charge < -0.3 is 20.1 Å². The van der Waals surface area contributed by atoms with Crippen molar-refractivity contribution in [3.05, 3.63) is 30.0 Å². The number of carbonyl (C=O) groups is 2.